The van der Waals surface area contributed by atoms with E-state index in [0.717, 1.165) is 0 Å². The molecule has 0 unspecified atom stereocenters. The molecule has 1 aliphatic heterocycles. The highest BCUT2D eigenvalue weighted by molar-refractivity contribution is 5.63. The molecule has 0 bridgehead atoms. The lowest BCUT2D eigenvalue weighted by atomic mass is 10.4. The van der Waals surface area contributed by atoms with Gasteiger partial charge in [0, 0.05) is 14.1 Å². The second-order valence-electron chi connectivity index (χ2n) is 3.48. The minimum absolute atomic E-state index is 0.0117. The van der Waals surface area contributed by atoms with E-state index in [4.69, 9.17) is 9.47 Å². The molecular weight excluding hydrogens is 156 g/mol. The molecule has 0 amide bonds. The van der Waals surface area contributed by atoms with Crippen LogP contribution < -0.4 is 0 Å². The van der Waals surface area contributed by atoms with E-state index >= 15 is 0 Å². The number of nitrogens with zero attached hydrogens (tertiary/aromatic N) is 2. The van der Waals surface area contributed by atoms with Crippen molar-refractivity contribution in [3.63, 3.8) is 0 Å². The first-order valence-electron chi connectivity index (χ1n) is 4.03. The van der Waals surface area contributed by atoms with Gasteiger partial charge in [-0.15, -0.1) is 0 Å². The van der Waals surface area contributed by atoms with Crippen LogP contribution in [0.2, 0.25) is 0 Å². The average molecular weight is 172 g/mol. The molecule has 1 rings (SSSR count). The van der Waals surface area contributed by atoms with Crippen LogP contribution in [0.15, 0.2) is 5.10 Å². The molecule has 0 saturated carbocycles. The first kappa shape index (κ1) is 9.48. The second-order valence-corrected chi connectivity index (χ2v) is 3.48. The lowest BCUT2D eigenvalue weighted by Gasteiger charge is -2.15. The van der Waals surface area contributed by atoms with Crippen molar-refractivity contribution in [1.29, 1.82) is 0 Å². The SMILES string of the molecule is CN(C)N=C[C@H]1COC(C)(C)O1. The van der Waals surface area contributed by atoms with E-state index in [2.05, 4.69) is 5.10 Å². The van der Waals surface area contributed by atoms with Gasteiger partial charge in [0.15, 0.2) is 5.79 Å². The van der Waals surface area contributed by atoms with E-state index in [-0.39, 0.29) is 6.10 Å². The first-order valence-corrected chi connectivity index (χ1v) is 4.03. The third kappa shape index (κ3) is 2.79. The van der Waals surface area contributed by atoms with Gasteiger partial charge in [-0.2, -0.15) is 5.10 Å². The van der Waals surface area contributed by atoms with Crippen molar-refractivity contribution < 1.29 is 9.47 Å². The number of hydrogen-bond acceptors (Lipinski definition) is 4. The number of hydrazone groups is 1. The molecule has 0 spiro atoms. The molecule has 0 aromatic heterocycles. The maximum Gasteiger partial charge on any atom is 0.163 e. The maximum absolute atomic E-state index is 5.50. The van der Waals surface area contributed by atoms with Crippen LogP contribution in [0.4, 0.5) is 0 Å². The topological polar surface area (TPSA) is 34.1 Å². The third-order valence-corrected chi connectivity index (χ3v) is 1.49. The standard InChI is InChI=1S/C8H16N2O2/c1-8(2)11-6-7(12-8)5-9-10(3)4/h5,7H,6H2,1-4H3/t7-/m0/s1. The lowest BCUT2D eigenvalue weighted by Crippen LogP contribution is -2.22. The molecule has 0 radical (unpaired) electrons. The minimum Gasteiger partial charge on any atom is -0.347 e. The van der Waals surface area contributed by atoms with Gasteiger partial charge in [0.2, 0.25) is 0 Å². The zero-order valence-corrected chi connectivity index (χ0v) is 8.07. The fraction of sp³-hybridized carbons (Fsp3) is 0.875. The van der Waals surface area contributed by atoms with Crippen molar-refractivity contribution in [1.82, 2.24) is 5.01 Å². The monoisotopic (exact) mass is 172 g/mol. The summed E-state index contributed by atoms with van der Waals surface area (Å²) in [5.41, 5.74) is 0. The summed E-state index contributed by atoms with van der Waals surface area (Å²) in [7, 11) is 3.74. The Kier molecular flexibility index (Phi) is 2.69. The summed E-state index contributed by atoms with van der Waals surface area (Å²) >= 11 is 0. The van der Waals surface area contributed by atoms with E-state index in [1.165, 1.54) is 0 Å². The van der Waals surface area contributed by atoms with E-state index in [0.29, 0.717) is 6.61 Å². The molecule has 12 heavy (non-hydrogen) atoms. The van der Waals surface area contributed by atoms with Gasteiger partial charge < -0.3 is 14.5 Å². The van der Waals surface area contributed by atoms with Crippen molar-refractivity contribution in [3.8, 4) is 0 Å². The molecule has 1 fully saturated rings. The van der Waals surface area contributed by atoms with Crippen LogP contribution in [0.1, 0.15) is 13.8 Å². The normalized spacial score (nSPS) is 28.2. The van der Waals surface area contributed by atoms with Crippen LogP contribution >= 0.6 is 0 Å². The van der Waals surface area contributed by atoms with Gasteiger partial charge in [0.25, 0.3) is 0 Å². The molecule has 1 saturated heterocycles. The van der Waals surface area contributed by atoms with Crippen molar-refractivity contribution >= 4 is 6.21 Å². The number of ether oxygens (including phenoxy) is 2. The Labute approximate surface area is 73.1 Å². The highest BCUT2D eigenvalue weighted by atomic mass is 16.7. The summed E-state index contributed by atoms with van der Waals surface area (Å²) in [6.07, 6.45) is 1.75. The zero-order valence-electron chi connectivity index (χ0n) is 8.07. The molecular formula is C8H16N2O2. The molecule has 0 N–H and O–H groups in total. The van der Waals surface area contributed by atoms with E-state index in [1.807, 2.05) is 27.9 Å². The molecule has 70 valence electrons. The third-order valence-electron chi connectivity index (χ3n) is 1.49. The minimum atomic E-state index is -0.455. The summed E-state index contributed by atoms with van der Waals surface area (Å²) < 4.78 is 10.9. The zero-order chi connectivity index (χ0) is 9.19. The molecule has 0 aromatic carbocycles. The number of hydrogen-bond donors (Lipinski definition) is 0. The smallest absolute Gasteiger partial charge is 0.163 e. The summed E-state index contributed by atoms with van der Waals surface area (Å²) in [4.78, 5) is 0. The van der Waals surface area contributed by atoms with Crippen molar-refractivity contribution in [2.75, 3.05) is 20.7 Å². The molecule has 0 aromatic rings. The summed E-state index contributed by atoms with van der Waals surface area (Å²) in [6, 6.07) is 0. The maximum atomic E-state index is 5.50. The van der Waals surface area contributed by atoms with Gasteiger partial charge >= 0.3 is 0 Å². The highest BCUT2D eigenvalue weighted by Gasteiger charge is 2.31. The first-order chi connectivity index (χ1) is 5.49. The molecule has 1 aliphatic rings. The lowest BCUT2D eigenvalue weighted by molar-refractivity contribution is -0.130. The Morgan fingerprint density at radius 2 is 2.17 bits per heavy atom. The summed E-state index contributed by atoms with van der Waals surface area (Å²) in [5.74, 6) is -0.455. The molecule has 1 heterocycles. The number of rotatable bonds is 2. The quantitative estimate of drug-likeness (QED) is 0.454. The van der Waals surface area contributed by atoms with E-state index in [9.17, 15) is 0 Å². The molecule has 4 nitrogen and oxygen atoms in total. The fourth-order valence-electron chi connectivity index (χ4n) is 0.997. The summed E-state index contributed by atoms with van der Waals surface area (Å²) in [6.45, 7) is 4.39. The largest absolute Gasteiger partial charge is 0.347 e. The Hall–Kier alpha value is -0.610. The van der Waals surface area contributed by atoms with Crippen LogP contribution in [0.5, 0.6) is 0 Å². The van der Waals surface area contributed by atoms with Crippen molar-refractivity contribution in [3.05, 3.63) is 0 Å². The molecule has 0 aliphatic carbocycles. The van der Waals surface area contributed by atoms with Crippen LogP contribution in [0, 0.1) is 0 Å². The fourth-order valence-corrected chi connectivity index (χ4v) is 0.997. The van der Waals surface area contributed by atoms with Crippen LogP contribution in [-0.2, 0) is 9.47 Å². The Morgan fingerprint density at radius 1 is 1.50 bits per heavy atom. The predicted octanol–water partition coefficient (Wildman–Crippen LogP) is 0.685. The van der Waals surface area contributed by atoms with E-state index in [1.54, 1.807) is 11.2 Å². The van der Waals surface area contributed by atoms with Crippen LogP contribution in [-0.4, -0.2) is 43.8 Å². The Balaban J connectivity index is 2.38. The van der Waals surface area contributed by atoms with Gasteiger partial charge in [-0.1, -0.05) is 0 Å². The Bertz CT molecular complexity index is 178. The summed E-state index contributed by atoms with van der Waals surface area (Å²) in [5, 5.41) is 5.81. The molecule has 4 heteroatoms. The van der Waals surface area contributed by atoms with Gasteiger partial charge in [0.1, 0.15) is 6.10 Å². The van der Waals surface area contributed by atoms with Gasteiger partial charge in [-0.05, 0) is 13.8 Å². The highest BCUT2D eigenvalue weighted by Crippen LogP contribution is 2.20. The second kappa shape index (κ2) is 3.41. The van der Waals surface area contributed by atoms with Crippen molar-refractivity contribution in [2.45, 2.75) is 25.7 Å². The van der Waals surface area contributed by atoms with Crippen molar-refractivity contribution in [2.24, 2.45) is 5.10 Å². The van der Waals surface area contributed by atoms with Crippen LogP contribution in [0.25, 0.3) is 0 Å². The van der Waals surface area contributed by atoms with Gasteiger partial charge in [-0.25, -0.2) is 0 Å². The predicted molar refractivity (Wildman–Crippen MR) is 47.1 cm³/mol. The molecule has 1 atom stereocenters. The Morgan fingerprint density at radius 3 is 2.58 bits per heavy atom. The average Bonchev–Trinajstić information content (AvgIpc) is 2.26. The van der Waals surface area contributed by atoms with Gasteiger partial charge in [-0.3, -0.25) is 0 Å². The van der Waals surface area contributed by atoms with Crippen LogP contribution in [0.3, 0.4) is 0 Å². The van der Waals surface area contributed by atoms with Gasteiger partial charge in [0.05, 0.1) is 12.8 Å². The van der Waals surface area contributed by atoms with E-state index < -0.39 is 5.79 Å².